The topological polar surface area (TPSA) is 0 Å². The van der Waals surface area contributed by atoms with Crippen molar-refractivity contribution in [3.8, 4) is 11.8 Å². The van der Waals surface area contributed by atoms with Gasteiger partial charge in [-0.1, -0.05) is 43.7 Å². The van der Waals surface area contributed by atoms with E-state index in [1.807, 2.05) is 0 Å². The fourth-order valence-corrected chi connectivity index (χ4v) is 0.589. The van der Waals surface area contributed by atoms with Gasteiger partial charge in [-0.15, -0.1) is 11.6 Å². The fourth-order valence-electron chi connectivity index (χ4n) is 0.188. The van der Waals surface area contributed by atoms with Crippen LogP contribution in [0.25, 0.3) is 0 Å². The van der Waals surface area contributed by atoms with E-state index in [0.717, 1.165) is 0 Å². The molecular weight excluding hydrogens is 255 g/mol. The highest BCUT2D eigenvalue weighted by atomic mass is 79.9. The minimum Gasteiger partial charge on any atom is -0.124 e. The molecule has 0 aliphatic carbocycles. The van der Waals surface area contributed by atoms with Gasteiger partial charge in [0.05, 0.1) is 10.2 Å². The smallest absolute Gasteiger partial charge is 0.0889 e. The zero-order chi connectivity index (χ0) is 6.41. The van der Waals surface area contributed by atoms with Gasteiger partial charge in [-0.05, 0) is 0 Å². The molecular formula is C5H5Br2Cl. The molecule has 0 saturated heterocycles. The Morgan fingerprint density at radius 1 is 1.62 bits per heavy atom. The number of rotatable bonds is 1. The Morgan fingerprint density at radius 2 is 2.25 bits per heavy atom. The van der Waals surface area contributed by atoms with Crippen LogP contribution in [0.1, 0.15) is 0 Å². The molecule has 46 valence electrons. The van der Waals surface area contributed by atoms with Crippen LogP contribution in [0.4, 0.5) is 0 Å². The van der Waals surface area contributed by atoms with Crippen LogP contribution >= 0.6 is 43.5 Å². The van der Waals surface area contributed by atoms with E-state index in [1.165, 1.54) is 0 Å². The van der Waals surface area contributed by atoms with Crippen LogP contribution in [0, 0.1) is 11.8 Å². The van der Waals surface area contributed by atoms with E-state index in [9.17, 15) is 0 Å². The third-order valence-electron chi connectivity index (χ3n) is 0.461. The molecule has 0 heterocycles. The van der Waals surface area contributed by atoms with Crippen LogP contribution in [-0.2, 0) is 0 Å². The first-order valence-corrected chi connectivity index (χ1v) is 4.62. The fraction of sp³-hybridized carbons (Fsp3) is 0.600. The van der Waals surface area contributed by atoms with Gasteiger partial charge in [-0.25, -0.2) is 0 Å². The molecule has 0 aromatic rings. The molecule has 1 unspecified atom stereocenters. The van der Waals surface area contributed by atoms with Crippen molar-refractivity contribution in [3.63, 3.8) is 0 Å². The lowest BCUT2D eigenvalue weighted by atomic mass is 10.5. The van der Waals surface area contributed by atoms with Crippen molar-refractivity contribution in [2.24, 2.45) is 0 Å². The monoisotopic (exact) mass is 258 g/mol. The Labute approximate surface area is 71.2 Å². The maximum absolute atomic E-state index is 5.42. The third kappa shape index (κ3) is 4.96. The van der Waals surface area contributed by atoms with Crippen LogP contribution in [0.2, 0.25) is 0 Å². The molecule has 0 rings (SSSR count). The normalized spacial score (nSPS) is 11.9. The second-order valence-electron chi connectivity index (χ2n) is 1.08. The summed E-state index contributed by atoms with van der Waals surface area (Å²) in [5, 5.41) is 0.714. The van der Waals surface area contributed by atoms with Crippen LogP contribution in [0.5, 0.6) is 0 Å². The Kier molecular flexibility index (Phi) is 6.54. The second-order valence-corrected chi connectivity index (χ2v) is 3.05. The average Bonchev–Trinajstić information content (AvgIpc) is 1.83. The van der Waals surface area contributed by atoms with Crippen molar-refractivity contribution in [3.05, 3.63) is 0 Å². The lowest BCUT2D eigenvalue weighted by Crippen LogP contribution is -1.92. The summed E-state index contributed by atoms with van der Waals surface area (Å²) in [6.45, 7) is 0. The first kappa shape index (κ1) is 8.81. The molecule has 0 fully saturated rings. The average molecular weight is 260 g/mol. The molecule has 0 N–H and O–H groups in total. The van der Waals surface area contributed by atoms with Gasteiger partial charge in [0.1, 0.15) is 0 Å². The van der Waals surface area contributed by atoms with E-state index in [1.54, 1.807) is 0 Å². The molecule has 8 heavy (non-hydrogen) atoms. The van der Waals surface area contributed by atoms with Gasteiger partial charge in [0.2, 0.25) is 0 Å². The van der Waals surface area contributed by atoms with E-state index >= 15 is 0 Å². The van der Waals surface area contributed by atoms with Gasteiger partial charge in [-0.2, -0.15) is 0 Å². The van der Waals surface area contributed by atoms with Crippen molar-refractivity contribution >= 4 is 43.5 Å². The number of alkyl halides is 3. The third-order valence-corrected chi connectivity index (χ3v) is 1.98. The summed E-state index contributed by atoms with van der Waals surface area (Å²) in [5.74, 6) is 6.25. The summed E-state index contributed by atoms with van der Waals surface area (Å²) >= 11 is 11.8. The van der Waals surface area contributed by atoms with Crippen molar-refractivity contribution in [2.45, 2.75) is 4.83 Å². The van der Waals surface area contributed by atoms with E-state index in [4.69, 9.17) is 11.6 Å². The highest BCUT2D eigenvalue weighted by Crippen LogP contribution is 1.98. The van der Waals surface area contributed by atoms with Crippen LogP contribution < -0.4 is 0 Å². The molecule has 0 bridgehead atoms. The minimum atomic E-state index is 0.140. The minimum absolute atomic E-state index is 0.140. The first-order valence-electron chi connectivity index (χ1n) is 2.05. The molecule has 3 heteroatoms. The number of hydrogen-bond donors (Lipinski definition) is 0. The summed E-state index contributed by atoms with van der Waals surface area (Å²) in [6.07, 6.45) is 0. The van der Waals surface area contributed by atoms with Crippen LogP contribution in [0.15, 0.2) is 0 Å². The molecule has 0 aromatic carbocycles. The quantitative estimate of drug-likeness (QED) is 0.501. The lowest BCUT2D eigenvalue weighted by molar-refractivity contribution is 1.34. The van der Waals surface area contributed by atoms with Crippen molar-refractivity contribution < 1.29 is 0 Å². The Morgan fingerprint density at radius 3 is 2.62 bits per heavy atom. The molecule has 1 atom stereocenters. The largest absolute Gasteiger partial charge is 0.124 e. The Hall–Kier alpha value is 0.810. The maximum atomic E-state index is 5.42. The summed E-state index contributed by atoms with van der Waals surface area (Å²) < 4.78 is 0. The van der Waals surface area contributed by atoms with Gasteiger partial charge in [0, 0.05) is 5.88 Å². The molecule has 0 aliphatic heterocycles. The van der Waals surface area contributed by atoms with Crippen molar-refractivity contribution in [1.82, 2.24) is 0 Å². The predicted octanol–water partition coefficient (Wildman–Crippen LogP) is 2.39. The van der Waals surface area contributed by atoms with Gasteiger partial charge in [-0.3, -0.25) is 0 Å². The van der Waals surface area contributed by atoms with Crippen LogP contribution in [-0.4, -0.2) is 16.0 Å². The molecule has 0 aromatic heterocycles. The van der Waals surface area contributed by atoms with Gasteiger partial charge < -0.3 is 0 Å². The molecule has 0 amide bonds. The predicted molar refractivity (Wildman–Crippen MR) is 45.0 cm³/mol. The van der Waals surface area contributed by atoms with Crippen LogP contribution in [0.3, 0.4) is 0 Å². The number of hydrogen-bond acceptors (Lipinski definition) is 0. The van der Waals surface area contributed by atoms with Gasteiger partial charge in [0.15, 0.2) is 0 Å². The second kappa shape index (κ2) is 5.94. The summed E-state index contributed by atoms with van der Waals surface area (Å²) in [6, 6.07) is 0. The first-order chi connectivity index (χ1) is 3.81. The van der Waals surface area contributed by atoms with Gasteiger partial charge in [0.25, 0.3) is 0 Å². The Bertz CT molecular complexity index is 103. The highest BCUT2D eigenvalue weighted by molar-refractivity contribution is 9.09. The zero-order valence-electron chi connectivity index (χ0n) is 4.13. The Balaban J connectivity index is 3.35. The SMILES string of the molecule is ClCC(Br)C#CCBr. The van der Waals surface area contributed by atoms with E-state index in [0.29, 0.717) is 11.2 Å². The molecule has 0 nitrogen and oxygen atoms in total. The zero-order valence-corrected chi connectivity index (χ0v) is 8.05. The van der Waals surface area contributed by atoms with Crippen molar-refractivity contribution in [2.75, 3.05) is 11.2 Å². The summed E-state index contributed by atoms with van der Waals surface area (Å²) in [4.78, 5) is 0.140. The standard InChI is InChI=1S/C5H5Br2Cl/c6-3-1-2-5(7)4-8/h5H,3-4H2. The maximum Gasteiger partial charge on any atom is 0.0889 e. The molecule has 0 radical (unpaired) electrons. The van der Waals surface area contributed by atoms with E-state index in [2.05, 4.69) is 43.7 Å². The molecule has 0 saturated carbocycles. The summed E-state index contributed by atoms with van der Waals surface area (Å²) in [7, 11) is 0. The summed E-state index contributed by atoms with van der Waals surface area (Å²) in [5.41, 5.74) is 0. The van der Waals surface area contributed by atoms with Gasteiger partial charge >= 0.3 is 0 Å². The molecule has 0 aliphatic rings. The number of halogens is 3. The molecule has 0 spiro atoms. The van der Waals surface area contributed by atoms with E-state index in [-0.39, 0.29) is 4.83 Å². The lowest BCUT2D eigenvalue weighted by Gasteiger charge is -1.88. The van der Waals surface area contributed by atoms with Crippen molar-refractivity contribution in [1.29, 1.82) is 0 Å². The highest BCUT2D eigenvalue weighted by Gasteiger charge is 1.91. The van der Waals surface area contributed by atoms with E-state index < -0.39 is 0 Å².